The average Bonchev–Trinajstić information content (AvgIpc) is 2.55. The number of ketones is 1. The van der Waals surface area contributed by atoms with E-state index in [9.17, 15) is 14.9 Å². The molecule has 6 nitrogen and oxygen atoms in total. The molecule has 118 valence electrons. The lowest BCUT2D eigenvalue weighted by molar-refractivity contribution is -0.384. The van der Waals surface area contributed by atoms with E-state index >= 15 is 0 Å². The number of benzene rings is 2. The minimum Gasteiger partial charge on any atom is -0.496 e. The molecule has 0 radical (unpaired) electrons. The van der Waals surface area contributed by atoms with E-state index in [1.165, 1.54) is 31.5 Å². The summed E-state index contributed by atoms with van der Waals surface area (Å²) in [7, 11) is 1.44. The molecule has 23 heavy (non-hydrogen) atoms. The third-order valence-electron chi connectivity index (χ3n) is 3.21. The Hall–Kier alpha value is -3.15. The lowest BCUT2D eigenvalue weighted by atomic mass is 10.1. The molecular formula is C17H16N2O4. The van der Waals surface area contributed by atoms with Crippen LogP contribution in [0.3, 0.4) is 0 Å². The highest BCUT2D eigenvalue weighted by molar-refractivity contribution is 6.04. The molecule has 1 N–H and O–H groups in total. The SMILES string of the molecule is COc1ccc(N/C=C/C(=O)c2ccc(C)cc2)c([N+](=O)[O-])c1. The minimum absolute atomic E-state index is 0.128. The molecule has 0 bridgehead atoms. The summed E-state index contributed by atoms with van der Waals surface area (Å²) < 4.78 is 4.97. The quantitative estimate of drug-likeness (QED) is 0.380. The molecule has 0 aliphatic heterocycles. The number of hydrogen-bond acceptors (Lipinski definition) is 5. The number of aryl methyl sites for hydroxylation is 1. The number of hydrogen-bond donors (Lipinski definition) is 1. The van der Waals surface area contributed by atoms with E-state index in [1.54, 1.807) is 18.2 Å². The maximum absolute atomic E-state index is 12.0. The van der Waals surface area contributed by atoms with Gasteiger partial charge in [0.25, 0.3) is 5.69 Å². The summed E-state index contributed by atoms with van der Waals surface area (Å²) in [6, 6.07) is 11.6. The number of ether oxygens (including phenoxy) is 1. The van der Waals surface area contributed by atoms with Crippen molar-refractivity contribution in [1.82, 2.24) is 0 Å². The Morgan fingerprint density at radius 1 is 1.22 bits per heavy atom. The van der Waals surface area contributed by atoms with Crippen LogP contribution in [0.4, 0.5) is 11.4 Å². The number of nitro benzene ring substituents is 1. The number of allylic oxidation sites excluding steroid dienone is 1. The molecule has 0 saturated heterocycles. The Labute approximate surface area is 133 Å². The van der Waals surface area contributed by atoms with E-state index in [0.29, 0.717) is 11.3 Å². The number of nitrogens with zero attached hydrogens (tertiary/aromatic N) is 1. The molecule has 0 saturated carbocycles. The smallest absolute Gasteiger partial charge is 0.296 e. The normalized spacial score (nSPS) is 10.5. The first-order chi connectivity index (χ1) is 11.0. The van der Waals surface area contributed by atoms with Crippen LogP contribution < -0.4 is 10.1 Å². The van der Waals surface area contributed by atoms with Crippen LogP contribution in [0.2, 0.25) is 0 Å². The van der Waals surface area contributed by atoms with Crippen molar-refractivity contribution in [2.24, 2.45) is 0 Å². The number of anilines is 1. The number of methoxy groups -OCH3 is 1. The summed E-state index contributed by atoms with van der Waals surface area (Å²) in [4.78, 5) is 22.5. The van der Waals surface area contributed by atoms with Crippen molar-refractivity contribution in [3.63, 3.8) is 0 Å². The van der Waals surface area contributed by atoms with E-state index in [2.05, 4.69) is 5.32 Å². The molecule has 0 aliphatic carbocycles. The molecule has 0 spiro atoms. The molecule has 0 amide bonds. The second-order valence-electron chi connectivity index (χ2n) is 4.85. The number of rotatable bonds is 6. The summed E-state index contributed by atoms with van der Waals surface area (Å²) in [5.74, 6) is 0.204. The predicted molar refractivity (Wildman–Crippen MR) is 87.9 cm³/mol. The van der Waals surface area contributed by atoms with Gasteiger partial charge in [0.1, 0.15) is 11.4 Å². The largest absolute Gasteiger partial charge is 0.496 e. The second kappa shape index (κ2) is 7.22. The van der Waals surface area contributed by atoms with Crippen molar-refractivity contribution in [2.45, 2.75) is 6.92 Å². The molecule has 0 fully saturated rings. The van der Waals surface area contributed by atoms with Crippen LogP contribution >= 0.6 is 0 Å². The molecule has 2 aromatic rings. The van der Waals surface area contributed by atoms with Gasteiger partial charge in [0.2, 0.25) is 0 Å². The van der Waals surface area contributed by atoms with Crippen molar-refractivity contribution in [3.05, 3.63) is 76.0 Å². The fourth-order valence-corrected chi connectivity index (χ4v) is 1.93. The Morgan fingerprint density at radius 3 is 2.52 bits per heavy atom. The van der Waals surface area contributed by atoms with Gasteiger partial charge >= 0.3 is 0 Å². The molecule has 0 atom stereocenters. The van der Waals surface area contributed by atoms with Crippen molar-refractivity contribution >= 4 is 17.2 Å². The second-order valence-corrected chi connectivity index (χ2v) is 4.85. The summed E-state index contributed by atoms with van der Waals surface area (Å²) in [5, 5.41) is 13.8. The first-order valence-electron chi connectivity index (χ1n) is 6.88. The van der Waals surface area contributed by atoms with Gasteiger partial charge in [-0.2, -0.15) is 0 Å². The van der Waals surface area contributed by atoms with Gasteiger partial charge < -0.3 is 10.1 Å². The van der Waals surface area contributed by atoms with Crippen LogP contribution in [0, 0.1) is 17.0 Å². The summed E-state index contributed by atoms with van der Waals surface area (Å²) in [6.07, 6.45) is 2.72. The summed E-state index contributed by atoms with van der Waals surface area (Å²) >= 11 is 0. The van der Waals surface area contributed by atoms with Crippen LogP contribution in [0.5, 0.6) is 5.75 Å². The van der Waals surface area contributed by atoms with E-state index < -0.39 is 4.92 Å². The zero-order chi connectivity index (χ0) is 16.8. The van der Waals surface area contributed by atoms with Gasteiger partial charge in [-0.3, -0.25) is 14.9 Å². The summed E-state index contributed by atoms with van der Waals surface area (Å²) in [5.41, 5.74) is 1.77. The topological polar surface area (TPSA) is 81.5 Å². The number of carbonyl (C=O) groups excluding carboxylic acids is 1. The highest BCUT2D eigenvalue weighted by Gasteiger charge is 2.14. The van der Waals surface area contributed by atoms with Crippen molar-refractivity contribution in [3.8, 4) is 5.75 Å². The van der Waals surface area contributed by atoms with E-state index in [-0.39, 0.29) is 17.2 Å². The third kappa shape index (κ3) is 4.16. The van der Waals surface area contributed by atoms with Gasteiger partial charge in [-0.15, -0.1) is 0 Å². The van der Waals surface area contributed by atoms with E-state index in [1.807, 2.05) is 19.1 Å². The average molecular weight is 312 g/mol. The minimum atomic E-state index is -0.513. The highest BCUT2D eigenvalue weighted by Crippen LogP contribution is 2.28. The van der Waals surface area contributed by atoms with Gasteiger partial charge in [-0.1, -0.05) is 29.8 Å². The molecule has 2 aromatic carbocycles. The maximum atomic E-state index is 12.0. The molecule has 0 aliphatic rings. The number of nitrogens with one attached hydrogen (secondary N) is 1. The molecule has 0 aromatic heterocycles. The van der Waals surface area contributed by atoms with Crippen molar-refractivity contribution in [2.75, 3.05) is 12.4 Å². The fourth-order valence-electron chi connectivity index (χ4n) is 1.93. The van der Waals surface area contributed by atoms with E-state index in [0.717, 1.165) is 5.56 Å². The Kier molecular flexibility index (Phi) is 5.09. The lowest BCUT2D eigenvalue weighted by Crippen LogP contribution is -1.99. The van der Waals surface area contributed by atoms with Crippen molar-refractivity contribution < 1.29 is 14.5 Å². The van der Waals surface area contributed by atoms with Gasteiger partial charge in [0, 0.05) is 17.8 Å². The number of nitro groups is 1. The number of carbonyl (C=O) groups is 1. The predicted octanol–water partition coefficient (Wildman–Crippen LogP) is 3.72. The van der Waals surface area contributed by atoms with Crippen LogP contribution in [0.25, 0.3) is 0 Å². The maximum Gasteiger partial charge on any atom is 0.296 e. The molecule has 0 heterocycles. The molecule has 0 unspecified atom stereocenters. The third-order valence-corrected chi connectivity index (χ3v) is 3.21. The van der Waals surface area contributed by atoms with E-state index in [4.69, 9.17) is 4.74 Å². The standard InChI is InChI=1S/C17H16N2O4/c1-12-3-5-13(6-4-12)17(20)9-10-18-15-8-7-14(23-2)11-16(15)19(21)22/h3-11,18H,1-2H3/b10-9+. The Bertz CT molecular complexity index is 752. The van der Waals surface area contributed by atoms with Gasteiger partial charge in [0.05, 0.1) is 18.1 Å². The molecule has 2 rings (SSSR count). The zero-order valence-corrected chi connectivity index (χ0v) is 12.8. The lowest BCUT2D eigenvalue weighted by Gasteiger charge is -2.05. The van der Waals surface area contributed by atoms with Gasteiger partial charge in [0.15, 0.2) is 5.78 Å². The Balaban J connectivity index is 2.12. The molecular weight excluding hydrogens is 296 g/mol. The fraction of sp³-hybridized carbons (Fsp3) is 0.118. The summed E-state index contributed by atoms with van der Waals surface area (Å²) in [6.45, 7) is 1.94. The van der Waals surface area contributed by atoms with Crippen LogP contribution in [0.1, 0.15) is 15.9 Å². The molecule has 6 heteroatoms. The first kappa shape index (κ1) is 16.2. The Morgan fingerprint density at radius 2 is 1.91 bits per heavy atom. The monoisotopic (exact) mass is 312 g/mol. The van der Waals surface area contributed by atoms with Crippen LogP contribution in [0.15, 0.2) is 54.7 Å². The van der Waals surface area contributed by atoms with Crippen LogP contribution in [-0.4, -0.2) is 17.8 Å². The first-order valence-corrected chi connectivity index (χ1v) is 6.88. The van der Waals surface area contributed by atoms with Crippen molar-refractivity contribution in [1.29, 1.82) is 0 Å². The van der Waals surface area contributed by atoms with Gasteiger partial charge in [-0.05, 0) is 19.1 Å². The zero-order valence-electron chi connectivity index (χ0n) is 12.8. The van der Waals surface area contributed by atoms with Crippen LogP contribution in [-0.2, 0) is 0 Å². The highest BCUT2D eigenvalue weighted by atomic mass is 16.6. The van der Waals surface area contributed by atoms with Gasteiger partial charge in [-0.25, -0.2) is 0 Å².